The zero-order valence-electron chi connectivity index (χ0n) is 11.8. The van der Waals surface area contributed by atoms with Crippen molar-refractivity contribution in [3.63, 3.8) is 0 Å². The van der Waals surface area contributed by atoms with Crippen LogP contribution in [0.5, 0.6) is 5.75 Å². The van der Waals surface area contributed by atoms with Gasteiger partial charge in [-0.2, -0.15) is 0 Å². The van der Waals surface area contributed by atoms with E-state index in [0.717, 1.165) is 12.2 Å². The van der Waals surface area contributed by atoms with Gasteiger partial charge in [-0.25, -0.2) is 0 Å². The van der Waals surface area contributed by atoms with Gasteiger partial charge in [0.05, 0.1) is 6.61 Å². The minimum Gasteiger partial charge on any atom is -0.494 e. The molecule has 1 aliphatic carbocycles. The Balaban J connectivity index is 2.23. The first-order valence-electron chi connectivity index (χ1n) is 7.10. The second-order valence-corrected chi connectivity index (χ2v) is 5.66. The summed E-state index contributed by atoms with van der Waals surface area (Å²) < 4.78 is 5.49. The Morgan fingerprint density at radius 3 is 2.56 bits per heavy atom. The second-order valence-electron chi connectivity index (χ2n) is 5.66. The molecule has 2 rings (SSSR count). The van der Waals surface area contributed by atoms with Crippen molar-refractivity contribution in [2.45, 2.75) is 45.6 Å². The van der Waals surface area contributed by atoms with Crippen LogP contribution in [0.4, 0.5) is 0 Å². The topological polar surface area (TPSA) is 35.2 Å². The highest BCUT2D eigenvalue weighted by atomic mass is 16.5. The molecule has 2 heteroatoms. The molecule has 3 atom stereocenters. The normalized spacial score (nSPS) is 32.2. The third-order valence-corrected chi connectivity index (χ3v) is 4.62. The van der Waals surface area contributed by atoms with Gasteiger partial charge < -0.3 is 10.5 Å². The lowest BCUT2D eigenvalue weighted by atomic mass is 9.66. The van der Waals surface area contributed by atoms with Crippen molar-refractivity contribution in [1.29, 1.82) is 0 Å². The summed E-state index contributed by atoms with van der Waals surface area (Å²) in [7, 11) is 0. The predicted octanol–water partition coefficient (Wildman–Crippen LogP) is 3.70. The van der Waals surface area contributed by atoms with E-state index in [-0.39, 0.29) is 5.54 Å². The lowest BCUT2D eigenvalue weighted by Crippen LogP contribution is -2.48. The maximum Gasteiger partial charge on any atom is 0.119 e. The van der Waals surface area contributed by atoms with Gasteiger partial charge in [-0.1, -0.05) is 38.8 Å². The molecule has 0 aromatic heterocycles. The summed E-state index contributed by atoms with van der Waals surface area (Å²) in [6.07, 6.45) is 3.62. The molecule has 0 heterocycles. The van der Waals surface area contributed by atoms with E-state index in [4.69, 9.17) is 10.5 Å². The fourth-order valence-electron chi connectivity index (χ4n) is 3.14. The second kappa shape index (κ2) is 5.31. The summed E-state index contributed by atoms with van der Waals surface area (Å²) in [5.74, 6) is 2.17. The number of hydrogen-bond acceptors (Lipinski definition) is 2. The van der Waals surface area contributed by atoms with Gasteiger partial charge in [0.25, 0.3) is 0 Å². The molecule has 0 amide bonds. The summed E-state index contributed by atoms with van der Waals surface area (Å²) in [6.45, 7) is 7.32. The molecule has 1 aromatic carbocycles. The van der Waals surface area contributed by atoms with Gasteiger partial charge in [0.1, 0.15) is 5.75 Å². The molecule has 18 heavy (non-hydrogen) atoms. The predicted molar refractivity (Wildman–Crippen MR) is 75.7 cm³/mol. The Bertz CT molecular complexity index is 387. The average Bonchev–Trinajstić information content (AvgIpc) is 2.37. The zero-order valence-corrected chi connectivity index (χ0v) is 11.8. The highest BCUT2D eigenvalue weighted by Gasteiger charge is 2.39. The monoisotopic (exact) mass is 247 g/mol. The van der Waals surface area contributed by atoms with E-state index >= 15 is 0 Å². The van der Waals surface area contributed by atoms with E-state index in [9.17, 15) is 0 Å². The molecule has 0 radical (unpaired) electrons. The van der Waals surface area contributed by atoms with Crippen molar-refractivity contribution >= 4 is 0 Å². The van der Waals surface area contributed by atoms with Crippen LogP contribution in [0.15, 0.2) is 24.3 Å². The molecule has 1 aliphatic rings. The number of ether oxygens (including phenoxy) is 1. The lowest BCUT2D eigenvalue weighted by Gasteiger charge is -2.43. The minimum atomic E-state index is -0.164. The Kier molecular flexibility index (Phi) is 3.96. The smallest absolute Gasteiger partial charge is 0.119 e. The van der Waals surface area contributed by atoms with Crippen LogP contribution < -0.4 is 10.5 Å². The number of nitrogens with two attached hydrogens (primary N) is 1. The highest BCUT2D eigenvalue weighted by molar-refractivity contribution is 5.32. The SMILES string of the molecule is CCOc1ccc(C2(N)CCCC(C)C2C)cc1. The summed E-state index contributed by atoms with van der Waals surface area (Å²) >= 11 is 0. The van der Waals surface area contributed by atoms with Crippen molar-refractivity contribution < 1.29 is 4.74 Å². The zero-order chi connectivity index (χ0) is 13.2. The summed E-state index contributed by atoms with van der Waals surface area (Å²) in [5.41, 5.74) is 7.79. The average molecular weight is 247 g/mol. The highest BCUT2D eigenvalue weighted by Crippen LogP contribution is 2.42. The first-order valence-corrected chi connectivity index (χ1v) is 7.10. The van der Waals surface area contributed by atoms with E-state index in [1.807, 2.05) is 19.1 Å². The third-order valence-electron chi connectivity index (χ3n) is 4.62. The molecule has 2 N–H and O–H groups in total. The van der Waals surface area contributed by atoms with Crippen LogP contribution in [0.2, 0.25) is 0 Å². The molecule has 1 fully saturated rings. The minimum absolute atomic E-state index is 0.164. The molecule has 0 bridgehead atoms. The maximum absolute atomic E-state index is 6.70. The van der Waals surface area contributed by atoms with Crippen LogP contribution in [-0.4, -0.2) is 6.61 Å². The van der Waals surface area contributed by atoms with Crippen molar-refractivity contribution in [2.24, 2.45) is 17.6 Å². The van der Waals surface area contributed by atoms with E-state index < -0.39 is 0 Å². The molecule has 1 aromatic rings. The molecule has 2 nitrogen and oxygen atoms in total. The molecular formula is C16H25NO. The molecule has 0 saturated heterocycles. The van der Waals surface area contributed by atoms with Crippen LogP contribution in [-0.2, 0) is 5.54 Å². The summed E-state index contributed by atoms with van der Waals surface area (Å²) in [4.78, 5) is 0. The number of benzene rings is 1. The first kappa shape index (κ1) is 13.4. The Morgan fingerprint density at radius 1 is 1.28 bits per heavy atom. The number of rotatable bonds is 3. The van der Waals surface area contributed by atoms with Gasteiger partial charge in [-0.3, -0.25) is 0 Å². The van der Waals surface area contributed by atoms with Crippen LogP contribution >= 0.6 is 0 Å². The molecule has 3 unspecified atom stereocenters. The van der Waals surface area contributed by atoms with E-state index in [2.05, 4.69) is 26.0 Å². The molecule has 0 aliphatic heterocycles. The van der Waals surface area contributed by atoms with Gasteiger partial charge in [0.15, 0.2) is 0 Å². The summed E-state index contributed by atoms with van der Waals surface area (Å²) in [5, 5.41) is 0. The van der Waals surface area contributed by atoms with Gasteiger partial charge in [0, 0.05) is 5.54 Å². The maximum atomic E-state index is 6.70. The Morgan fingerprint density at radius 2 is 1.94 bits per heavy atom. The van der Waals surface area contributed by atoms with Gasteiger partial charge >= 0.3 is 0 Å². The van der Waals surface area contributed by atoms with E-state index in [0.29, 0.717) is 18.4 Å². The van der Waals surface area contributed by atoms with Crippen LogP contribution in [0, 0.1) is 11.8 Å². The lowest BCUT2D eigenvalue weighted by molar-refractivity contribution is 0.143. The van der Waals surface area contributed by atoms with Gasteiger partial charge in [-0.15, -0.1) is 0 Å². The quantitative estimate of drug-likeness (QED) is 0.884. The molecular weight excluding hydrogens is 222 g/mol. The molecule has 100 valence electrons. The fraction of sp³-hybridized carbons (Fsp3) is 0.625. The van der Waals surface area contributed by atoms with Crippen molar-refractivity contribution in [2.75, 3.05) is 6.61 Å². The van der Waals surface area contributed by atoms with E-state index in [1.54, 1.807) is 0 Å². The Labute approximate surface area is 111 Å². The van der Waals surface area contributed by atoms with Gasteiger partial charge in [-0.05, 0) is 42.9 Å². The van der Waals surface area contributed by atoms with E-state index in [1.165, 1.54) is 18.4 Å². The van der Waals surface area contributed by atoms with Crippen LogP contribution in [0.25, 0.3) is 0 Å². The molecule has 0 spiro atoms. The summed E-state index contributed by atoms with van der Waals surface area (Å²) in [6, 6.07) is 8.36. The van der Waals surface area contributed by atoms with Crippen molar-refractivity contribution in [1.82, 2.24) is 0 Å². The standard InChI is InChI=1S/C16H25NO/c1-4-18-15-9-7-14(8-10-15)16(17)11-5-6-12(2)13(16)3/h7-10,12-13H,4-6,11,17H2,1-3H3. The third kappa shape index (κ3) is 2.39. The first-order chi connectivity index (χ1) is 8.58. The Hall–Kier alpha value is -1.02. The fourth-order valence-corrected chi connectivity index (χ4v) is 3.14. The van der Waals surface area contributed by atoms with Crippen molar-refractivity contribution in [3.05, 3.63) is 29.8 Å². The van der Waals surface area contributed by atoms with Crippen LogP contribution in [0.3, 0.4) is 0 Å². The van der Waals surface area contributed by atoms with Gasteiger partial charge in [0.2, 0.25) is 0 Å². The number of hydrogen-bond donors (Lipinski definition) is 1. The van der Waals surface area contributed by atoms with Crippen molar-refractivity contribution in [3.8, 4) is 5.75 Å². The van der Waals surface area contributed by atoms with Crippen LogP contribution in [0.1, 0.15) is 45.6 Å². The molecule has 1 saturated carbocycles. The largest absolute Gasteiger partial charge is 0.494 e.